The molecule has 3 aromatic rings. The zero-order valence-electron chi connectivity index (χ0n) is 15.7. The van der Waals surface area contributed by atoms with E-state index in [0.717, 1.165) is 12.0 Å². The minimum absolute atomic E-state index is 0.0692. The van der Waals surface area contributed by atoms with Crippen molar-refractivity contribution in [3.63, 3.8) is 0 Å². The summed E-state index contributed by atoms with van der Waals surface area (Å²) in [6.45, 7) is 3.85. The van der Waals surface area contributed by atoms with Crippen LogP contribution < -0.4 is 10.6 Å². The highest BCUT2D eigenvalue weighted by Crippen LogP contribution is 2.17. The van der Waals surface area contributed by atoms with Crippen molar-refractivity contribution in [3.05, 3.63) is 60.2 Å². The fraction of sp³-hybridized carbons (Fsp3) is 0.250. The summed E-state index contributed by atoms with van der Waals surface area (Å²) in [6.07, 6.45) is 4.00. The van der Waals surface area contributed by atoms with Gasteiger partial charge in [-0.15, -0.1) is 0 Å². The first-order valence-corrected chi connectivity index (χ1v) is 8.99. The van der Waals surface area contributed by atoms with Crippen LogP contribution in [0.4, 0.5) is 5.69 Å². The van der Waals surface area contributed by atoms with Crippen LogP contribution in [-0.2, 0) is 11.3 Å². The van der Waals surface area contributed by atoms with Crippen molar-refractivity contribution in [1.29, 1.82) is 0 Å². The Hall–Kier alpha value is -3.55. The SMILES string of the molecule is CC[C@@H](C)C(=O)Nc1ccccc1C(=O)NCc1nc(-c2cccnc2)no1. The zero-order chi connectivity index (χ0) is 19.9. The maximum Gasteiger partial charge on any atom is 0.253 e. The van der Waals surface area contributed by atoms with Crippen molar-refractivity contribution >= 4 is 17.5 Å². The molecule has 2 N–H and O–H groups in total. The lowest BCUT2D eigenvalue weighted by molar-refractivity contribution is -0.119. The van der Waals surface area contributed by atoms with E-state index in [1.54, 1.807) is 42.7 Å². The Morgan fingerprint density at radius 1 is 1.18 bits per heavy atom. The molecule has 0 aliphatic heterocycles. The molecule has 1 aromatic carbocycles. The van der Waals surface area contributed by atoms with Crippen LogP contribution in [0.3, 0.4) is 0 Å². The average Bonchev–Trinajstić information content (AvgIpc) is 3.21. The molecule has 28 heavy (non-hydrogen) atoms. The third-order valence-electron chi connectivity index (χ3n) is 4.28. The third-order valence-corrected chi connectivity index (χ3v) is 4.28. The molecule has 0 unspecified atom stereocenters. The molecule has 0 spiro atoms. The predicted molar refractivity (Wildman–Crippen MR) is 103 cm³/mol. The van der Waals surface area contributed by atoms with Crippen LogP contribution in [-0.4, -0.2) is 26.9 Å². The van der Waals surface area contributed by atoms with E-state index in [-0.39, 0.29) is 30.2 Å². The predicted octanol–water partition coefficient (Wildman–Crippen LogP) is 3.05. The van der Waals surface area contributed by atoms with E-state index in [0.29, 0.717) is 17.1 Å². The van der Waals surface area contributed by atoms with Gasteiger partial charge in [0.05, 0.1) is 17.8 Å². The van der Waals surface area contributed by atoms with Gasteiger partial charge in [0, 0.05) is 23.9 Å². The monoisotopic (exact) mass is 379 g/mol. The van der Waals surface area contributed by atoms with Crippen molar-refractivity contribution in [2.24, 2.45) is 5.92 Å². The normalized spacial score (nSPS) is 11.6. The second-order valence-corrected chi connectivity index (χ2v) is 6.28. The summed E-state index contributed by atoms with van der Waals surface area (Å²) in [5.74, 6) is 0.0641. The molecule has 0 bridgehead atoms. The summed E-state index contributed by atoms with van der Waals surface area (Å²) >= 11 is 0. The first-order chi connectivity index (χ1) is 13.6. The number of hydrogen-bond donors (Lipinski definition) is 2. The Kier molecular flexibility index (Phi) is 6.11. The number of benzene rings is 1. The lowest BCUT2D eigenvalue weighted by atomic mass is 10.1. The molecule has 0 aliphatic carbocycles. The first kappa shape index (κ1) is 19.2. The molecule has 8 heteroatoms. The van der Waals surface area contributed by atoms with Gasteiger partial charge in [-0.2, -0.15) is 4.98 Å². The minimum Gasteiger partial charge on any atom is -0.343 e. The van der Waals surface area contributed by atoms with E-state index < -0.39 is 0 Å². The topological polar surface area (TPSA) is 110 Å². The van der Waals surface area contributed by atoms with Gasteiger partial charge >= 0.3 is 0 Å². The Morgan fingerprint density at radius 3 is 2.75 bits per heavy atom. The summed E-state index contributed by atoms with van der Waals surface area (Å²) in [6, 6.07) is 10.4. The van der Waals surface area contributed by atoms with Crippen molar-refractivity contribution in [3.8, 4) is 11.4 Å². The zero-order valence-corrected chi connectivity index (χ0v) is 15.7. The fourth-order valence-corrected chi connectivity index (χ4v) is 2.42. The van der Waals surface area contributed by atoms with Crippen LogP contribution in [0.5, 0.6) is 0 Å². The maximum atomic E-state index is 12.6. The quantitative estimate of drug-likeness (QED) is 0.653. The molecule has 2 heterocycles. The lowest BCUT2D eigenvalue weighted by Crippen LogP contribution is -2.26. The molecule has 8 nitrogen and oxygen atoms in total. The van der Waals surface area contributed by atoms with Gasteiger partial charge in [-0.25, -0.2) is 0 Å². The molecule has 0 saturated carbocycles. The highest BCUT2D eigenvalue weighted by Gasteiger charge is 2.17. The van der Waals surface area contributed by atoms with Crippen LogP contribution in [0.25, 0.3) is 11.4 Å². The molecule has 144 valence electrons. The summed E-state index contributed by atoms with van der Waals surface area (Å²) in [5.41, 5.74) is 1.56. The molecule has 1 atom stereocenters. The molecular formula is C20H21N5O3. The van der Waals surface area contributed by atoms with E-state index in [2.05, 4.69) is 25.8 Å². The summed E-state index contributed by atoms with van der Waals surface area (Å²) < 4.78 is 5.17. The number of nitrogens with zero attached hydrogens (tertiary/aromatic N) is 3. The highest BCUT2D eigenvalue weighted by molar-refractivity contribution is 6.04. The average molecular weight is 379 g/mol. The number of hydrogen-bond acceptors (Lipinski definition) is 6. The van der Waals surface area contributed by atoms with Gasteiger partial charge in [-0.05, 0) is 30.7 Å². The Labute approximate surface area is 162 Å². The van der Waals surface area contributed by atoms with E-state index in [1.807, 2.05) is 19.9 Å². The largest absolute Gasteiger partial charge is 0.343 e. The summed E-state index contributed by atoms with van der Waals surface area (Å²) in [4.78, 5) is 33.0. The molecule has 0 saturated heterocycles. The van der Waals surface area contributed by atoms with Crippen LogP contribution in [0.15, 0.2) is 53.3 Å². The second-order valence-electron chi connectivity index (χ2n) is 6.28. The number of nitrogens with one attached hydrogen (secondary N) is 2. The Balaban J connectivity index is 1.66. The van der Waals surface area contributed by atoms with Crippen LogP contribution in [0.1, 0.15) is 36.5 Å². The van der Waals surface area contributed by atoms with Crippen molar-refractivity contribution in [1.82, 2.24) is 20.4 Å². The number of para-hydroxylation sites is 1. The van der Waals surface area contributed by atoms with Gasteiger partial charge in [-0.3, -0.25) is 14.6 Å². The van der Waals surface area contributed by atoms with Gasteiger partial charge in [-0.1, -0.05) is 31.1 Å². The first-order valence-electron chi connectivity index (χ1n) is 8.99. The van der Waals surface area contributed by atoms with Crippen molar-refractivity contribution in [2.75, 3.05) is 5.32 Å². The van der Waals surface area contributed by atoms with Gasteiger partial charge in [0.15, 0.2) is 0 Å². The Bertz CT molecular complexity index is 955. The number of pyridine rings is 1. The number of anilines is 1. The number of amides is 2. The minimum atomic E-state index is -0.346. The van der Waals surface area contributed by atoms with E-state index >= 15 is 0 Å². The standard InChI is InChI=1S/C20H21N5O3/c1-3-13(2)19(26)23-16-9-5-4-8-15(16)20(27)22-12-17-24-18(25-28-17)14-7-6-10-21-11-14/h4-11,13H,3,12H2,1-2H3,(H,22,27)(H,23,26)/t13-/m1/s1. The molecule has 2 aromatic heterocycles. The van der Waals surface area contributed by atoms with E-state index in [1.165, 1.54) is 0 Å². The van der Waals surface area contributed by atoms with Crippen LogP contribution in [0, 0.1) is 5.92 Å². The van der Waals surface area contributed by atoms with Crippen LogP contribution in [0.2, 0.25) is 0 Å². The van der Waals surface area contributed by atoms with Crippen molar-refractivity contribution < 1.29 is 14.1 Å². The highest BCUT2D eigenvalue weighted by atomic mass is 16.5. The van der Waals surface area contributed by atoms with E-state index in [9.17, 15) is 9.59 Å². The second kappa shape index (κ2) is 8.90. The van der Waals surface area contributed by atoms with Crippen molar-refractivity contribution in [2.45, 2.75) is 26.8 Å². The molecule has 3 rings (SSSR count). The van der Waals surface area contributed by atoms with Crippen LogP contribution >= 0.6 is 0 Å². The Morgan fingerprint density at radius 2 is 2.00 bits per heavy atom. The number of aromatic nitrogens is 3. The molecular weight excluding hydrogens is 358 g/mol. The fourth-order valence-electron chi connectivity index (χ4n) is 2.42. The summed E-state index contributed by atoms with van der Waals surface area (Å²) in [5, 5.41) is 9.43. The van der Waals surface area contributed by atoms with Gasteiger partial charge in [0.25, 0.3) is 5.91 Å². The summed E-state index contributed by atoms with van der Waals surface area (Å²) in [7, 11) is 0. The van der Waals surface area contributed by atoms with Gasteiger partial charge in [0.2, 0.25) is 17.6 Å². The molecule has 0 aliphatic rings. The molecule has 0 fully saturated rings. The lowest BCUT2D eigenvalue weighted by Gasteiger charge is -2.13. The van der Waals surface area contributed by atoms with Gasteiger partial charge < -0.3 is 15.2 Å². The van der Waals surface area contributed by atoms with Gasteiger partial charge in [0.1, 0.15) is 0 Å². The number of carbonyl (C=O) groups excluding carboxylic acids is 2. The van der Waals surface area contributed by atoms with E-state index in [4.69, 9.17) is 4.52 Å². The third kappa shape index (κ3) is 4.59. The number of rotatable bonds is 7. The molecule has 2 amide bonds. The smallest absolute Gasteiger partial charge is 0.253 e. The molecule has 0 radical (unpaired) electrons. The maximum absolute atomic E-state index is 12.6. The number of carbonyl (C=O) groups is 2.